The first-order chi connectivity index (χ1) is 17.7. The first kappa shape index (κ1) is 32.5. The van der Waals surface area contributed by atoms with Crippen molar-refractivity contribution in [3.05, 3.63) is 21.6 Å². The van der Waals surface area contributed by atoms with Crippen LogP contribution in [0.25, 0.3) is 0 Å². The Morgan fingerprint density at radius 3 is 2.68 bits per heavy atom. The average Bonchev–Trinajstić information content (AvgIpc) is 2.87. The van der Waals surface area contributed by atoms with E-state index in [1.807, 2.05) is 13.8 Å². The van der Waals surface area contributed by atoms with Gasteiger partial charge in [-0.2, -0.15) is 10.1 Å². The van der Waals surface area contributed by atoms with E-state index in [4.69, 9.17) is 0 Å². The van der Waals surface area contributed by atoms with E-state index in [1.54, 1.807) is 0 Å². The Labute approximate surface area is 254 Å². The molecule has 3 heterocycles. The van der Waals surface area contributed by atoms with Crippen LogP contribution in [0.4, 0.5) is 0 Å². The number of aliphatic imine (C=N–C) groups is 1. The van der Waals surface area contributed by atoms with E-state index < -0.39 is 34.7 Å². The van der Waals surface area contributed by atoms with Crippen molar-refractivity contribution in [1.82, 2.24) is 30.3 Å². The molecule has 1 aromatic heterocycles. The molecule has 202 valence electrons. The summed E-state index contributed by atoms with van der Waals surface area (Å²) in [5.41, 5.74) is -0.672. The van der Waals surface area contributed by atoms with Gasteiger partial charge in [0.05, 0.1) is 11.6 Å². The summed E-state index contributed by atoms with van der Waals surface area (Å²) in [6, 6.07) is -0.822. The number of carboxylic acid groups (broad SMARTS) is 1. The summed E-state index contributed by atoms with van der Waals surface area (Å²) in [6.07, 6.45) is 1.80. The van der Waals surface area contributed by atoms with E-state index in [-0.39, 0.29) is 57.8 Å². The van der Waals surface area contributed by atoms with E-state index >= 15 is 0 Å². The summed E-state index contributed by atoms with van der Waals surface area (Å²) in [5, 5.41) is 30.9. The molecule has 0 aliphatic carbocycles. The normalized spacial score (nSPS) is 18.9. The molecule has 2 atom stereocenters. The topological polar surface area (TPSA) is 182 Å². The number of nitrogens with zero attached hydrogens (tertiary/aromatic N) is 5. The smallest absolute Gasteiger partial charge is 0.854 e. The van der Waals surface area contributed by atoms with Gasteiger partial charge >= 0.3 is 35.5 Å². The van der Waals surface area contributed by atoms with E-state index in [0.29, 0.717) is 23.0 Å². The zero-order valence-electron chi connectivity index (χ0n) is 21.6. The van der Waals surface area contributed by atoms with Crippen LogP contribution in [-0.4, -0.2) is 89.5 Å². The van der Waals surface area contributed by atoms with E-state index in [0.717, 1.165) is 35.8 Å². The Bertz CT molecular complexity index is 1180. The molecule has 2 aliphatic rings. The number of amidine groups is 1. The van der Waals surface area contributed by atoms with Crippen LogP contribution < -0.4 is 50.9 Å². The van der Waals surface area contributed by atoms with Crippen LogP contribution in [0.5, 0.6) is 5.88 Å². The number of carbonyl (C=O) groups excluding carboxylic acids is 2. The Hall–Kier alpha value is -1.72. The number of amides is 2. The van der Waals surface area contributed by atoms with Crippen LogP contribution in [0.2, 0.25) is 0 Å². The predicted octanol–water partition coefficient (Wildman–Crippen LogP) is -3.42. The number of rotatable bonds is 11. The number of aliphatic carboxylic acids is 1. The summed E-state index contributed by atoms with van der Waals surface area (Å²) in [7, 11) is 1.46. The zero-order valence-corrected chi connectivity index (χ0v) is 26.0. The van der Waals surface area contributed by atoms with Crippen molar-refractivity contribution in [2.24, 2.45) is 12.0 Å². The molecule has 13 nitrogen and oxygen atoms in total. The van der Waals surface area contributed by atoms with Gasteiger partial charge in [0.25, 0.3) is 11.5 Å². The molecule has 0 bridgehead atoms. The number of aryl methyl sites for hydroxylation is 1. The van der Waals surface area contributed by atoms with Crippen molar-refractivity contribution in [3.8, 4) is 5.88 Å². The molecule has 0 aromatic carbocycles. The maximum absolute atomic E-state index is 12.9. The monoisotopic (exact) mass is 593 g/mol. The van der Waals surface area contributed by atoms with E-state index in [9.17, 15) is 29.4 Å². The number of hydrogen-bond donors (Lipinski definition) is 3. The molecular weight excluding hydrogens is 565 g/mol. The van der Waals surface area contributed by atoms with Gasteiger partial charge in [-0.05, 0) is 18.4 Å². The van der Waals surface area contributed by atoms with Crippen molar-refractivity contribution in [1.29, 1.82) is 0 Å². The van der Waals surface area contributed by atoms with E-state index in [2.05, 4.69) is 25.7 Å². The molecule has 1 aromatic rings. The standard InChI is InChI=1S/C21H29N7O6S3.Na/c1-4-6-22-20(23-7-5-2)36-10-12(29)24-13-17(32)28-14(19(33)34)11(8-35-18(13)28)9-37-21-25-15(30)16(31)26-27(21)3;/h13,18H,4-10H2,1-3H3,(H,22,23)(H,24,29)(H,26,31)(H,33,34);/q;+1/p-1. The fraction of sp³-hybridized carbons (Fsp3) is 0.571. The third-order valence-electron chi connectivity index (χ3n) is 5.18. The average molecular weight is 594 g/mol. The molecule has 3 N–H and O–H groups in total. The molecule has 38 heavy (non-hydrogen) atoms. The van der Waals surface area contributed by atoms with Gasteiger partial charge in [0, 0.05) is 31.6 Å². The van der Waals surface area contributed by atoms with Crippen molar-refractivity contribution < 1.29 is 54.2 Å². The number of nitrogens with one attached hydrogen (secondary N) is 2. The van der Waals surface area contributed by atoms with Gasteiger partial charge in [-0.25, -0.2) is 9.48 Å². The van der Waals surface area contributed by atoms with Crippen LogP contribution in [0, 0.1) is 0 Å². The van der Waals surface area contributed by atoms with Crippen LogP contribution in [-0.2, 0) is 21.4 Å². The van der Waals surface area contributed by atoms with Gasteiger partial charge in [-0.3, -0.25) is 24.3 Å². The van der Waals surface area contributed by atoms with Crippen LogP contribution in [0.3, 0.4) is 0 Å². The minimum atomic E-state index is -1.26. The number of aromatic nitrogens is 3. The number of thioether (sulfide) groups is 3. The molecule has 2 amide bonds. The number of fused-ring (bicyclic) bond motifs is 1. The molecule has 0 radical (unpaired) electrons. The maximum atomic E-state index is 12.9. The van der Waals surface area contributed by atoms with Gasteiger partial charge in [0.2, 0.25) is 5.91 Å². The van der Waals surface area contributed by atoms with Crippen molar-refractivity contribution in [2.45, 2.75) is 43.3 Å². The van der Waals surface area contributed by atoms with Gasteiger partial charge < -0.3 is 20.8 Å². The zero-order chi connectivity index (χ0) is 27.1. The summed E-state index contributed by atoms with van der Waals surface area (Å²) in [5.74, 6) is -2.57. The van der Waals surface area contributed by atoms with Crippen LogP contribution >= 0.6 is 35.3 Å². The van der Waals surface area contributed by atoms with Crippen molar-refractivity contribution in [2.75, 3.05) is 30.3 Å². The molecule has 17 heteroatoms. The fourth-order valence-electron chi connectivity index (χ4n) is 3.45. The Kier molecular flexibility index (Phi) is 13.0. The predicted molar refractivity (Wildman–Crippen MR) is 140 cm³/mol. The summed E-state index contributed by atoms with van der Waals surface area (Å²) < 4.78 is 1.16. The Morgan fingerprint density at radius 2 is 2.03 bits per heavy atom. The first-order valence-corrected chi connectivity index (χ1v) is 14.6. The van der Waals surface area contributed by atoms with Gasteiger partial charge in [-0.15, -0.1) is 11.8 Å². The van der Waals surface area contributed by atoms with Gasteiger partial charge in [0.15, 0.2) is 10.3 Å². The second kappa shape index (κ2) is 15.2. The number of carboxylic acids is 1. The Balaban J connectivity index is 0.00000507. The molecule has 0 saturated carbocycles. The Morgan fingerprint density at radius 1 is 1.29 bits per heavy atom. The van der Waals surface area contributed by atoms with Crippen LogP contribution in [0.15, 0.2) is 26.2 Å². The van der Waals surface area contributed by atoms with Crippen LogP contribution in [0.1, 0.15) is 26.7 Å². The minimum absolute atomic E-state index is 0. The molecule has 0 spiro atoms. The second-order valence-electron chi connectivity index (χ2n) is 8.03. The van der Waals surface area contributed by atoms with Crippen molar-refractivity contribution in [3.63, 3.8) is 0 Å². The third-order valence-corrected chi connectivity index (χ3v) is 8.58. The van der Waals surface area contributed by atoms with Gasteiger partial charge in [0.1, 0.15) is 17.1 Å². The number of hydrogen-bond acceptors (Lipinski definition) is 11. The fourth-order valence-corrected chi connectivity index (χ4v) is 6.58. The van der Waals surface area contributed by atoms with E-state index in [1.165, 1.54) is 35.5 Å². The van der Waals surface area contributed by atoms with Crippen molar-refractivity contribution >= 4 is 58.2 Å². The first-order valence-electron chi connectivity index (χ1n) is 11.5. The number of carbonyl (C=O) groups is 3. The van der Waals surface area contributed by atoms with Gasteiger partial charge in [-0.1, -0.05) is 37.4 Å². The third kappa shape index (κ3) is 7.91. The minimum Gasteiger partial charge on any atom is -0.854 e. The second-order valence-corrected chi connectivity index (χ2v) is 11.0. The summed E-state index contributed by atoms with van der Waals surface area (Å²) in [4.78, 5) is 58.3. The maximum Gasteiger partial charge on any atom is 1.00 e. The summed E-state index contributed by atoms with van der Waals surface area (Å²) in [6.45, 7) is 5.43. The molecular formula is C21H28N7NaO6S3. The number of β-lactam (4-membered cyclic amide) rings is 1. The molecule has 3 rings (SSSR count). The largest absolute Gasteiger partial charge is 1.00 e. The quantitative estimate of drug-likeness (QED) is 0.0761. The summed E-state index contributed by atoms with van der Waals surface area (Å²) >= 11 is 3.66. The molecule has 2 aliphatic heterocycles. The molecule has 1 fully saturated rings. The SMILES string of the molecule is CCCN=C(NCCC)SCC(=O)NC1C(=O)N2C(C(=O)O)=C(CSc3nc(=O)c([O-])nn3C)CSC12.[Na+]. The molecule has 1 saturated heterocycles. The molecule has 2 unspecified atom stereocenters.